The molecule has 314 valence electrons. The molecule has 56 heavy (non-hydrogen) atoms. The zero-order valence-corrected chi connectivity index (χ0v) is 36.8. The van der Waals surface area contributed by atoms with Crippen LogP contribution in [0.25, 0.3) is 0 Å². The molecule has 1 aliphatic rings. The molecule has 1 aliphatic heterocycles. The van der Waals surface area contributed by atoms with Gasteiger partial charge in [-0.1, -0.05) is 91.6 Å². The summed E-state index contributed by atoms with van der Waals surface area (Å²) in [4.78, 5) is 66.1. The van der Waals surface area contributed by atoms with Crippen molar-refractivity contribution in [3.05, 3.63) is 52.5 Å². The van der Waals surface area contributed by atoms with E-state index in [4.69, 9.17) is 9.47 Å². The molecule has 13 heteroatoms. The molecule has 3 rings (SSSR count). The van der Waals surface area contributed by atoms with Gasteiger partial charge in [0.1, 0.15) is 11.0 Å². The quantitative estimate of drug-likeness (QED) is 0.158. The summed E-state index contributed by atoms with van der Waals surface area (Å²) in [6.07, 6.45) is 4.32. The van der Waals surface area contributed by atoms with Crippen LogP contribution in [0.3, 0.4) is 0 Å². The molecule has 10 atom stereocenters. The van der Waals surface area contributed by atoms with E-state index < -0.39 is 30.2 Å². The van der Waals surface area contributed by atoms with E-state index in [2.05, 4.69) is 36.4 Å². The van der Waals surface area contributed by atoms with E-state index in [0.29, 0.717) is 19.4 Å². The van der Waals surface area contributed by atoms with Gasteiger partial charge in [0.05, 0.1) is 48.7 Å². The second kappa shape index (κ2) is 22.5. The Hall–Kier alpha value is -3.39. The number of likely N-dealkylation sites (tertiary alicyclic amines) is 1. The van der Waals surface area contributed by atoms with Crippen molar-refractivity contribution >= 4 is 35.0 Å². The number of ether oxygens (including phenoxy) is 2. The second-order valence-corrected chi connectivity index (χ2v) is 17.2. The van der Waals surface area contributed by atoms with Gasteiger partial charge in [-0.15, -0.1) is 11.3 Å². The molecule has 1 fully saturated rings. The molecule has 4 amide bonds. The van der Waals surface area contributed by atoms with Crippen molar-refractivity contribution in [3.8, 4) is 0 Å². The lowest BCUT2D eigenvalue weighted by molar-refractivity contribution is -0.148. The van der Waals surface area contributed by atoms with E-state index in [1.165, 1.54) is 11.3 Å². The molecule has 1 aromatic carbocycles. The van der Waals surface area contributed by atoms with Crippen molar-refractivity contribution in [3.63, 3.8) is 0 Å². The van der Waals surface area contributed by atoms with Gasteiger partial charge in [0.2, 0.25) is 23.6 Å². The van der Waals surface area contributed by atoms with Gasteiger partial charge < -0.3 is 29.9 Å². The van der Waals surface area contributed by atoms with Crippen molar-refractivity contribution in [2.24, 2.45) is 23.7 Å². The summed E-state index contributed by atoms with van der Waals surface area (Å²) in [7, 11) is 8.71. The van der Waals surface area contributed by atoms with E-state index >= 15 is 0 Å². The monoisotopic (exact) mass is 799 g/mol. The molecule has 2 aromatic rings. The predicted octanol–water partition coefficient (Wildman–Crippen LogP) is 5.58. The van der Waals surface area contributed by atoms with E-state index in [9.17, 15) is 19.2 Å². The van der Waals surface area contributed by atoms with Crippen LogP contribution < -0.4 is 10.6 Å². The van der Waals surface area contributed by atoms with Gasteiger partial charge in [-0.2, -0.15) is 0 Å². The van der Waals surface area contributed by atoms with Crippen LogP contribution in [0.1, 0.15) is 97.2 Å². The van der Waals surface area contributed by atoms with Crippen molar-refractivity contribution in [2.75, 3.05) is 41.9 Å². The van der Waals surface area contributed by atoms with Gasteiger partial charge in [0.25, 0.3) is 0 Å². The van der Waals surface area contributed by atoms with Crippen LogP contribution in [0.2, 0.25) is 0 Å². The molecule has 0 radical (unpaired) electrons. The number of aromatic nitrogens is 1. The molecular formula is C43H70N6O6S. The van der Waals surface area contributed by atoms with Crippen molar-refractivity contribution in [1.29, 1.82) is 0 Å². The maximum absolute atomic E-state index is 14.3. The average molecular weight is 799 g/mol. The number of nitrogens with zero attached hydrogens (tertiary/aromatic N) is 4. The Bertz CT molecular complexity index is 1510. The fourth-order valence-corrected chi connectivity index (χ4v) is 8.95. The number of benzene rings is 1. The summed E-state index contributed by atoms with van der Waals surface area (Å²) in [6, 6.07) is 7.85. The van der Waals surface area contributed by atoms with Gasteiger partial charge in [-0.05, 0) is 56.7 Å². The van der Waals surface area contributed by atoms with Crippen LogP contribution in [-0.2, 0) is 35.1 Å². The zero-order valence-electron chi connectivity index (χ0n) is 36.0. The number of hydrogen-bond donors (Lipinski definition) is 2. The Kier molecular flexibility index (Phi) is 18.9. The fraction of sp³-hybridized carbons (Fsp3) is 0.698. The first-order valence-electron chi connectivity index (χ1n) is 20.4. The highest BCUT2D eigenvalue weighted by molar-refractivity contribution is 7.09. The minimum absolute atomic E-state index is 0.00802. The SMILES string of the molecule is CCC(C)[C@@H](C(=O)N[C@H](C(=O)N(C)[C@@H]([C@@H](C)CC)[C@@H](CC(=O)N1CCC[C@H]1[C@H](OC)[C@@H](C)C(=O)N[C@@H](Cc1ccccc1)c1nccs1)OC)C(C)C)N(C)C. The topological polar surface area (TPSA) is 133 Å². The lowest BCUT2D eigenvalue weighted by atomic mass is 9.89. The maximum atomic E-state index is 14.3. The van der Waals surface area contributed by atoms with Crippen LogP contribution in [0.15, 0.2) is 41.9 Å². The molecule has 0 saturated carbocycles. The number of amides is 4. The Balaban J connectivity index is 1.79. The summed E-state index contributed by atoms with van der Waals surface area (Å²) in [5.74, 6) is -1.28. The number of methoxy groups -OCH3 is 2. The fourth-order valence-electron chi connectivity index (χ4n) is 8.26. The van der Waals surface area contributed by atoms with E-state index in [1.807, 2.05) is 87.3 Å². The van der Waals surface area contributed by atoms with Crippen LogP contribution in [0.5, 0.6) is 0 Å². The summed E-state index contributed by atoms with van der Waals surface area (Å²) < 4.78 is 12.1. The average Bonchev–Trinajstić information content (AvgIpc) is 3.90. The molecule has 2 N–H and O–H groups in total. The minimum atomic E-state index is -0.750. The third kappa shape index (κ3) is 12.1. The molecule has 1 unspecified atom stereocenters. The summed E-state index contributed by atoms with van der Waals surface area (Å²) in [5.41, 5.74) is 1.09. The molecule has 0 bridgehead atoms. The highest BCUT2D eigenvalue weighted by atomic mass is 32.1. The largest absolute Gasteiger partial charge is 0.379 e. The van der Waals surface area contributed by atoms with Crippen molar-refractivity contribution < 1.29 is 28.7 Å². The van der Waals surface area contributed by atoms with Crippen LogP contribution >= 0.6 is 11.3 Å². The second-order valence-electron chi connectivity index (χ2n) is 16.2. The van der Waals surface area contributed by atoms with Crippen LogP contribution in [-0.4, -0.2) is 122 Å². The molecule has 0 aliphatic carbocycles. The molecule has 1 saturated heterocycles. The van der Waals surface area contributed by atoms with Gasteiger partial charge in [-0.25, -0.2) is 4.98 Å². The highest BCUT2D eigenvalue weighted by Crippen LogP contribution is 2.30. The first-order chi connectivity index (χ1) is 26.6. The number of carbonyl (C=O) groups is 4. The number of likely N-dealkylation sites (N-methyl/N-ethyl adjacent to an activating group) is 2. The van der Waals surface area contributed by atoms with Crippen LogP contribution in [0.4, 0.5) is 0 Å². The van der Waals surface area contributed by atoms with Gasteiger partial charge >= 0.3 is 0 Å². The number of hydrogen-bond acceptors (Lipinski definition) is 9. The third-order valence-electron chi connectivity index (χ3n) is 11.8. The van der Waals surface area contributed by atoms with Gasteiger partial charge in [0, 0.05) is 39.4 Å². The highest BCUT2D eigenvalue weighted by Gasteiger charge is 2.43. The number of carbonyl (C=O) groups excluding carboxylic acids is 4. The van der Waals surface area contributed by atoms with Gasteiger partial charge in [0.15, 0.2) is 0 Å². The lowest BCUT2D eigenvalue weighted by Gasteiger charge is -2.41. The smallest absolute Gasteiger partial charge is 0.245 e. The maximum Gasteiger partial charge on any atom is 0.245 e. The standard InChI is InChI=1S/C43H70N6O6S/c1-13-28(5)37(48(10)43(53)36(27(3)4)46-41(52)38(47(8)9)29(6)14-2)34(54-11)26-35(50)49-23-18-21-33(49)39(55-12)30(7)40(51)45-32(42-44-22-24-56-42)25-31-19-16-15-17-20-31/h15-17,19-20,22,24,27-30,32-34,36-39H,13-14,18,21,23,25-26H2,1-12H3,(H,45,51)(H,46,52)/t28-,29?,30+,32-,33-,34+,36-,37-,38-,39+/m0/s1. The lowest BCUT2D eigenvalue weighted by Crippen LogP contribution is -2.59. The predicted molar refractivity (Wildman–Crippen MR) is 223 cm³/mol. The third-order valence-corrected chi connectivity index (χ3v) is 12.7. The Morgan fingerprint density at radius 2 is 1.59 bits per heavy atom. The number of thiazole rings is 1. The molecule has 12 nitrogen and oxygen atoms in total. The zero-order chi connectivity index (χ0) is 41.7. The van der Waals surface area contributed by atoms with E-state index in [1.54, 1.807) is 32.4 Å². The first kappa shape index (κ1) is 47.0. The molecule has 1 aromatic heterocycles. The molecule has 0 spiro atoms. The summed E-state index contributed by atoms with van der Waals surface area (Å²) >= 11 is 1.51. The first-order valence-corrected chi connectivity index (χ1v) is 21.3. The van der Waals surface area contributed by atoms with Gasteiger partial charge in [-0.3, -0.25) is 24.1 Å². The summed E-state index contributed by atoms with van der Waals surface area (Å²) in [5, 5.41) is 9.06. The van der Waals surface area contributed by atoms with Crippen molar-refractivity contribution in [1.82, 2.24) is 30.3 Å². The summed E-state index contributed by atoms with van der Waals surface area (Å²) in [6.45, 7) is 14.5. The number of nitrogens with one attached hydrogen (secondary N) is 2. The Labute approximate surface area is 340 Å². The Morgan fingerprint density at radius 3 is 2.12 bits per heavy atom. The molecule has 2 heterocycles. The number of rotatable bonds is 22. The normalized spacial score (nSPS) is 19.4. The van der Waals surface area contributed by atoms with Crippen molar-refractivity contribution in [2.45, 2.75) is 129 Å². The van der Waals surface area contributed by atoms with E-state index in [-0.39, 0.29) is 65.9 Å². The van der Waals surface area contributed by atoms with E-state index in [0.717, 1.165) is 29.8 Å². The minimum Gasteiger partial charge on any atom is -0.379 e. The molecular weight excluding hydrogens is 729 g/mol. The Morgan fingerprint density at radius 1 is 0.929 bits per heavy atom. The van der Waals surface area contributed by atoms with Crippen LogP contribution in [0, 0.1) is 23.7 Å².